The lowest BCUT2D eigenvalue weighted by Gasteiger charge is -2.03. The van der Waals surface area contributed by atoms with Gasteiger partial charge in [0.05, 0.1) is 0 Å². The predicted octanol–water partition coefficient (Wildman–Crippen LogP) is 2.48. The molecule has 0 unspecified atom stereocenters. The van der Waals surface area contributed by atoms with Crippen LogP contribution in [0.4, 0.5) is 0 Å². The minimum Gasteiger partial charge on any atom is -0.300 e. The van der Waals surface area contributed by atoms with E-state index in [1.54, 1.807) is 0 Å². The third-order valence-corrected chi connectivity index (χ3v) is 2.40. The second-order valence-electron chi connectivity index (χ2n) is 3.84. The maximum Gasteiger partial charge on any atom is 0.137 e. The number of hydrogen-bond acceptors (Lipinski definition) is 2. The van der Waals surface area contributed by atoms with Crippen molar-refractivity contribution in [2.45, 2.75) is 33.1 Å². The van der Waals surface area contributed by atoms with Crippen molar-refractivity contribution in [2.75, 3.05) is 0 Å². The number of hydrogen-bond donors (Lipinski definition) is 0. The highest BCUT2D eigenvalue weighted by atomic mass is 16.1. The van der Waals surface area contributed by atoms with Crippen molar-refractivity contribution < 1.29 is 9.59 Å². The summed E-state index contributed by atoms with van der Waals surface area (Å²) in [5.41, 5.74) is 2.19. The van der Waals surface area contributed by atoms with Gasteiger partial charge in [0.2, 0.25) is 0 Å². The normalized spacial score (nSPS) is 10.0. The molecule has 0 atom stereocenters. The fraction of sp³-hybridized carbons (Fsp3) is 0.385. The number of rotatable bonds is 5. The number of Topliss-reactive ketones (excluding diaryl/α,β-unsaturated/α-hetero) is 2. The van der Waals surface area contributed by atoms with Gasteiger partial charge in [-0.25, -0.2) is 0 Å². The van der Waals surface area contributed by atoms with Crippen LogP contribution >= 0.6 is 0 Å². The molecule has 1 aromatic carbocycles. The summed E-state index contributed by atoms with van der Waals surface area (Å²) in [5.74, 6) is 0.215. The van der Waals surface area contributed by atoms with Crippen LogP contribution in [0.15, 0.2) is 24.3 Å². The van der Waals surface area contributed by atoms with Crippen molar-refractivity contribution in [3.63, 3.8) is 0 Å². The van der Waals surface area contributed by atoms with Crippen molar-refractivity contribution in [1.82, 2.24) is 0 Å². The minimum absolute atomic E-state index is 0.0770. The van der Waals surface area contributed by atoms with E-state index in [0.29, 0.717) is 19.3 Å². The van der Waals surface area contributed by atoms with Gasteiger partial charge in [0, 0.05) is 19.3 Å². The van der Waals surface area contributed by atoms with Gasteiger partial charge in [-0.1, -0.05) is 24.3 Å². The monoisotopic (exact) mass is 204 g/mol. The SMILES string of the molecule is CC(=O)CCC(=O)Cc1ccccc1C. The van der Waals surface area contributed by atoms with E-state index in [2.05, 4.69) is 0 Å². The van der Waals surface area contributed by atoms with Gasteiger partial charge in [0.1, 0.15) is 11.6 Å². The van der Waals surface area contributed by atoms with Crippen LogP contribution in [-0.4, -0.2) is 11.6 Å². The quantitative estimate of drug-likeness (QED) is 0.738. The maximum atomic E-state index is 11.5. The van der Waals surface area contributed by atoms with Gasteiger partial charge in [-0.15, -0.1) is 0 Å². The second kappa shape index (κ2) is 5.44. The zero-order chi connectivity index (χ0) is 11.3. The van der Waals surface area contributed by atoms with Gasteiger partial charge >= 0.3 is 0 Å². The van der Waals surface area contributed by atoms with Crippen molar-refractivity contribution in [1.29, 1.82) is 0 Å². The molecule has 0 fully saturated rings. The molecule has 0 saturated carbocycles. The van der Waals surface area contributed by atoms with Crippen LogP contribution in [0.25, 0.3) is 0 Å². The molecule has 1 aromatic rings. The van der Waals surface area contributed by atoms with Crippen LogP contribution < -0.4 is 0 Å². The summed E-state index contributed by atoms with van der Waals surface area (Å²) in [4.78, 5) is 22.2. The van der Waals surface area contributed by atoms with Crippen molar-refractivity contribution in [3.05, 3.63) is 35.4 Å². The first-order chi connectivity index (χ1) is 7.09. The van der Waals surface area contributed by atoms with E-state index in [9.17, 15) is 9.59 Å². The molecule has 0 N–H and O–H groups in total. The van der Waals surface area contributed by atoms with Gasteiger partial charge < -0.3 is 4.79 Å². The predicted molar refractivity (Wildman–Crippen MR) is 59.8 cm³/mol. The van der Waals surface area contributed by atoms with Gasteiger partial charge in [-0.05, 0) is 25.0 Å². The summed E-state index contributed by atoms with van der Waals surface area (Å²) in [6.45, 7) is 3.51. The number of carbonyl (C=O) groups is 2. The largest absolute Gasteiger partial charge is 0.300 e. The first-order valence-electron chi connectivity index (χ1n) is 5.15. The summed E-state index contributed by atoms with van der Waals surface area (Å²) in [7, 11) is 0. The molecule has 0 radical (unpaired) electrons. The summed E-state index contributed by atoms with van der Waals surface area (Å²) in [5, 5.41) is 0. The summed E-state index contributed by atoms with van der Waals surface area (Å²) < 4.78 is 0. The Hall–Kier alpha value is -1.44. The summed E-state index contributed by atoms with van der Waals surface area (Å²) in [6.07, 6.45) is 1.17. The molecule has 0 aromatic heterocycles. The molecule has 0 aliphatic carbocycles. The van der Waals surface area contributed by atoms with Crippen LogP contribution in [0.3, 0.4) is 0 Å². The van der Waals surface area contributed by atoms with Crippen LogP contribution in [-0.2, 0) is 16.0 Å². The molecule has 0 saturated heterocycles. The van der Waals surface area contributed by atoms with E-state index < -0.39 is 0 Å². The molecule has 2 nitrogen and oxygen atoms in total. The highest BCUT2D eigenvalue weighted by Crippen LogP contribution is 2.09. The highest BCUT2D eigenvalue weighted by Gasteiger charge is 2.06. The molecule has 0 heterocycles. The Kier molecular flexibility index (Phi) is 4.22. The Balaban J connectivity index is 2.52. The Labute approximate surface area is 90.3 Å². The van der Waals surface area contributed by atoms with E-state index in [1.807, 2.05) is 31.2 Å². The topological polar surface area (TPSA) is 34.1 Å². The van der Waals surface area contributed by atoms with Crippen LogP contribution in [0.2, 0.25) is 0 Å². The lowest BCUT2D eigenvalue weighted by molar-refractivity contribution is -0.122. The van der Waals surface area contributed by atoms with Gasteiger partial charge in [-0.3, -0.25) is 4.79 Å². The lowest BCUT2D eigenvalue weighted by atomic mass is 10.0. The van der Waals surface area contributed by atoms with Gasteiger partial charge in [0.25, 0.3) is 0 Å². The van der Waals surface area contributed by atoms with Gasteiger partial charge in [0.15, 0.2) is 0 Å². The Bertz CT molecular complexity index is 367. The number of aryl methyl sites for hydroxylation is 1. The number of ketones is 2. The first-order valence-corrected chi connectivity index (χ1v) is 5.15. The Morgan fingerprint density at radius 2 is 1.80 bits per heavy atom. The number of benzene rings is 1. The molecule has 15 heavy (non-hydrogen) atoms. The smallest absolute Gasteiger partial charge is 0.137 e. The second-order valence-corrected chi connectivity index (χ2v) is 3.84. The Morgan fingerprint density at radius 3 is 2.40 bits per heavy atom. The molecule has 0 amide bonds. The molecule has 80 valence electrons. The molecular weight excluding hydrogens is 188 g/mol. The molecule has 0 aliphatic heterocycles. The van der Waals surface area contributed by atoms with Crippen LogP contribution in [0, 0.1) is 6.92 Å². The molecule has 0 spiro atoms. The van der Waals surface area contributed by atoms with E-state index in [-0.39, 0.29) is 11.6 Å². The molecule has 0 aliphatic rings. The summed E-state index contributed by atoms with van der Waals surface area (Å²) >= 11 is 0. The fourth-order valence-electron chi connectivity index (χ4n) is 1.42. The van der Waals surface area contributed by atoms with Crippen molar-refractivity contribution in [3.8, 4) is 0 Å². The van der Waals surface area contributed by atoms with E-state index >= 15 is 0 Å². The number of carbonyl (C=O) groups excluding carboxylic acids is 2. The van der Waals surface area contributed by atoms with Crippen LogP contribution in [0.1, 0.15) is 30.9 Å². The van der Waals surface area contributed by atoms with E-state index in [4.69, 9.17) is 0 Å². The van der Waals surface area contributed by atoms with Crippen molar-refractivity contribution >= 4 is 11.6 Å². The van der Waals surface area contributed by atoms with E-state index in [1.165, 1.54) is 6.92 Å². The molecular formula is C13H16O2. The van der Waals surface area contributed by atoms with Gasteiger partial charge in [-0.2, -0.15) is 0 Å². The van der Waals surface area contributed by atoms with Crippen molar-refractivity contribution in [2.24, 2.45) is 0 Å². The zero-order valence-electron chi connectivity index (χ0n) is 9.25. The third kappa shape index (κ3) is 4.07. The first kappa shape index (κ1) is 11.6. The average Bonchev–Trinajstić information content (AvgIpc) is 2.18. The Morgan fingerprint density at radius 1 is 1.13 bits per heavy atom. The standard InChI is InChI=1S/C13H16O2/c1-10-5-3-4-6-12(10)9-13(15)8-7-11(2)14/h3-6H,7-9H2,1-2H3. The highest BCUT2D eigenvalue weighted by molar-refractivity contribution is 5.86. The van der Waals surface area contributed by atoms with Crippen LogP contribution in [0.5, 0.6) is 0 Å². The molecule has 2 heteroatoms. The molecule has 0 bridgehead atoms. The lowest BCUT2D eigenvalue weighted by Crippen LogP contribution is -2.06. The zero-order valence-corrected chi connectivity index (χ0v) is 9.25. The average molecular weight is 204 g/mol. The van der Waals surface area contributed by atoms with E-state index in [0.717, 1.165) is 11.1 Å². The minimum atomic E-state index is 0.0770. The third-order valence-electron chi connectivity index (χ3n) is 2.40. The molecule has 1 rings (SSSR count). The summed E-state index contributed by atoms with van der Waals surface area (Å²) in [6, 6.07) is 7.84. The maximum absolute atomic E-state index is 11.5. The fourth-order valence-corrected chi connectivity index (χ4v) is 1.42.